The van der Waals surface area contributed by atoms with Crippen LogP contribution in [-0.2, 0) is 7.05 Å². The molecule has 1 aromatic rings. The Bertz CT molecular complexity index is 597. The van der Waals surface area contributed by atoms with Crippen molar-refractivity contribution in [2.45, 2.75) is 45.6 Å². The fraction of sp³-hybridized carbons (Fsp3) is 0.800. The molecule has 1 aromatic heterocycles. The summed E-state index contributed by atoms with van der Waals surface area (Å²) in [5.41, 5.74) is 1.60. The van der Waals surface area contributed by atoms with E-state index in [1.165, 1.54) is 51.9 Å². The van der Waals surface area contributed by atoms with Crippen LogP contribution in [0.2, 0.25) is 0 Å². The second-order valence-corrected chi connectivity index (χ2v) is 8.15. The highest BCUT2D eigenvalue weighted by Gasteiger charge is 2.29. The Kier molecular flexibility index (Phi) is 6.35. The van der Waals surface area contributed by atoms with Crippen LogP contribution in [0.25, 0.3) is 0 Å². The molecule has 2 aliphatic rings. The summed E-state index contributed by atoms with van der Waals surface area (Å²) in [6.45, 7) is 10.5. The number of nitrogens with zero attached hydrogens (tertiary/aromatic N) is 5. The molecular formula is C20H35N5O. The number of likely N-dealkylation sites (tertiary alicyclic amines) is 2. The predicted molar refractivity (Wildman–Crippen MR) is 104 cm³/mol. The molecule has 3 rings (SSSR count). The van der Waals surface area contributed by atoms with Gasteiger partial charge >= 0.3 is 0 Å². The number of carbonyl (C=O) groups is 1. The number of aryl methyl sites for hydroxylation is 2. The lowest BCUT2D eigenvalue weighted by atomic mass is 9.93. The number of amides is 1. The van der Waals surface area contributed by atoms with Gasteiger partial charge in [0.1, 0.15) is 5.69 Å². The zero-order valence-corrected chi connectivity index (χ0v) is 16.9. The zero-order chi connectivity index (χ0) is 18.7. The average Bonchev–Trinajstić information content (AvgIpc) is 2.98. The van der Waals surface area contributed by atoms with Crippen LogP contribution in [0, 0.1) is 12.8 Å². The van der Waals surface area contributed by atoms with Gasteiger partial charge in [-0.2, -0.15) is 5.10 Å². The summed E-state index contributed by atoms with van der Waals surface area (Å²) < 4.78 is 1.71. The number of hydrogen-bond acceptors (Lipinski definition) is 4. The van der Waals surface area contributed by atoms with Gasteiger partial charge in [-0.1, -0.05) is 0 Å². The summed E-state index contributed by atoms with van der Waals surface area (Å²) in [5.74, 6) is 0.740. The molecule has 6 heteroatoms. The molecule has 2 fully saturated rings. The molecule has 0 atom stereocenters. The van der Waals surface area contributed by atoms with Crippen molar-refractivity contribution in [3.05, 3.63) is 17.5 Å². The van der Waals surface area contributed by atoms with E-state index in [0.717, 1.165) is 24.8 Å². The van der Waals surface area contributed by atoms with Crippen LogP contribution in [0.1, 0.15) is 48.8 Å². The smallest absolute Gasteiger partial charge is 0.272 e. The Morgan fingerprint density at radius 2 is 1.81 bits per heavy atom. The first-order chi connectivity index (χ1) is 12.5. The van der Waals surface area contributed by atoms with E-state index in [4.69, 9.17) is 0 Å². The molecule has 2 saturated heterocycles. The number of aromatic nitrogens is 2. The van der Waals surface area contributed by atoms with Gasteiger partial charge in [0.2, 0.25) is 0 Å². The van der Waals surface area contributed by atoms with Gasteiger partial charge in [-0.3, -0.25) is 9.48 Å². The van der Waals surface area contributed by atoms with E-state index in [-0.39, 0.29) is 5.91 Å². The van der Waals surface area contributed by atoms with Crippen LogP contribution in [0.3, 0.4) is 0 Å². The van der Waals surface area contributed by atoms with Crippen molar-refractivity contribution in [2.24, 2.45) is 13.0 Å². The van der Waals surface area contributed by atoms with Crippen molar-refractivity contribution in [1.82, 2.24) is 24.5 Å². The van der Waals surface area contributed by atoms with Crippen molar-refractivity contribution in [3.8, 4) is 0 Å². The van der Waals surface area contributed by atoms with Gasteiger partial charge in [-0.05, 0) is 84.7 Å². The molecule has 146 valence electrons. The van der Waals surface area contributed by atoms with Gasteiger partial charge in [0.05, 0.1) is 5.69 Å². The van der Waals surface area contributed by atoms with Crippen LogP contribution in [0.4, 0.5) is 0 Å². The Balaban J connectivity index is 1.51. The lowest BCUT2D eigenvalue weighted by Gasteiger charge is -2.41. The lowest BCUT2D eigenvalue weighted by Crippen LogP contribution is -2.48. The SMILES string of the molecule is CCN(CC1CCN(C2CCN(C)CC2)CC1)C(=O)c1cc(C)nn1C. The van der Waals surface area contributed by atoms with Gasteiger partial charge in [0, 0.05) is 26.2 Å². The summed E-state index contributed by atoms with van der Waals surface area (Å²) in [4.78, 5) is 20.0. The molecule has 26 heavy (non-hydrogen) atoms. The van der Waals surface area contributed by atoms with Gasteiger partial charge in [-0.15, -0.1) is 0 Å². The van der Waals surface area contributed by atoms with E-state index < -0.39 is 0 Å². The first-order valence-corrected chi connectivity index (χ1v) is 10.2. The molecule has 0 N–H and O–H groups in total. The van der Waals surface area contributed by atoms with Crippen LogP contribution in [0.5, 0.6) is 0 Å². The maximum Gasteiger partial charge on any atom is 0.272 e. The number of carbonyl (C=O) groups excluding carboxylic acids is 1. The second-order valence-electron chi connectivity index (χ2n) is 8.15. The Morgan fingerprint density at radius 1 is 1.15 bits per heavy atom. The van der Waals surface area contributed by atoms with Crippen LogP contribution in [-0.4, -0.2) is 82.7 Å². The van der Waals surface area contributed by atoms with Crippen LogP contribution < -0.4 is 0 Å². The van der Waals surface area contributed by atoms with Gasteiger partial charge in [-0.25, -0.2) is 0 Å². The summed E-state index contributed by atoms with van der Waals surface area (Å²) in [6, 6.07) is 2.67. The molecule has 3 heterocycles. The lowest BCUT2D eigenvalue weighted by molar-refractivity contribution is 0.0604. The minimum atomic E-state index is 0.119. The fourth-order valence-electron chi connectivity index (χ4n) is 4.50. The zero-order valence-electron chi connectivity index (χ0n) is 16.9. The standard InChI is InChI=1S/C20H35N5O/c1-5-24(20(26)19-14-16(2)21-23(19)4)15-17-6-12-25(13-7-17)18-8-10-22(3)11-9-18/h14,17-18H,5-13,15H2,1-4H3. The third-order valence-electron chi connectivity index (χ3n) is 6.22. The summed E-state index contributed by atoms with van der Waals surface area (Å²) in [6.07, 6.45) is 5.03. The molecule has 0 unspecified atom stereocenters. The Hall–Kier alpha value is -1.40. The van der Waals surface area contributed by atoms with E-state index >= 15 is 0 Å². The highest BCUT2D eigenvalue weighted by atomic mass is 16.2. The summed E-state index contributed by atoms with van der Waals surface area (Å²) in [5, 5.41) is 4.32. The number of hydrogen-bond donors (Lipinski definition) is 0. The van der Waals surface area contributed by atoms with Crippen LogP contribution >= 0.6 is 0 Å². The topological polar surface area (TPSA) is 44.6 Å². The maximum absolute atomic E-state index is 12.9. The fourth-order valence-corrected chi connectivity index (χ4v) is 4.50. The van der Waals surface area contributed by atoms with Crippen LogP contribution in [0.15, 0.2) is 6.07 Å². The van der Waals surface area contributed by atoms with E-state index in [9.17, 15) is 4.79 Å². The highest BCUT2D eigenvalue weighted by molar-refractivity contribution is 5.92. The number of rotatable bonds is 5. The van der Waals surface area contributed by atoms with Crippen molar-refractivity contribution >= 4 is 5.91 Å². The van der Waals surface area contributed by atoms with E-state index in [1.54, 1.807) is 4.68 Å². The van der Waals surface area contributed by atoms with Crippen molar-refractivity contribution in [2.75, 3.05) is 46.3 Å². The van der Waals surface area contributed by atoms with E-state index in [1.807, 2.05) is 24.9 Å². The number of piperidine rings is 2. The molecule has 2 aliphatic heterocycles. The predicted octanol–water partition coefficient (Wildman–Crippen LogP) is 2.00. The second kappa shape index (κ2) is 8.53. The Labute approximate surface area is 158 Å². The third kappa shape index (κ3) is 4.46. The maximum atomic E-state index is 12.9. The van der Waals surface area contributed by atoms with E-state index in [0.29, 0.717) is 11.6 Å². The minimum Gasteiger partial charge on any atom is -0.337 e. The monoisotopic (exact) mass is 361 g/mol. The normalized spacial score (nSPS) is 21.2. The van der Waals surface area contributed by atoms with Crippen molar-refractivity contribution in [1.29, 1.82) is 0 Å². The average molecular weight is 362 g/mol. The molecule has 0 radical (unpaired) electrons. The molecule has 0 spiro atoms. The highest BCUT2D eigenvalue weighted by Crippen LogP contribution is 2.24. The van der Waals surface area contributed by atoms with Gasteiger partial charge < -0.3 is 14.7 Å². The summed E-state index contributed by atoms with van der Waals surface area (Å²) >= 11 is 0. The molecule has 0 bridgehead atoms. The molecule has 0 saturated carbocycles. The summed E-state index contributed by atoms with van der Waals surface area (Å²) in [7, 11) is 4.08. The molecule has 0 aliphatic carbocycles. The molecule has 0 aromatic carbocycles. The molecule has 6 nitrogen and oxygen atoms in total. The quantitative estimate of drug-likeness (QED) is 0.805. The first-order valence-electron chi connectivity index (χ1n) is 10.2. The molecule has 1 amide bonds. The third-order valence-corrected chi connectivity index (χ3v) is 6.22. The molecular weight excluding hydrogens is 326 g/mol. The largest absolute Gasteiger partial charge is 0.337 e. The van der Waals surface area contributed by atoms with Gasteiger partial charge in [0.25, 0.3) is 5.91 Å². The first kappa shape index (κ1) is 19.4. The van der Waals surface area contributed by atoms with Crippen molar-refractivity contribution < 1.29 is 4.79 Å². The minimum absolute atomic E-state index is 0.119. The van der Waals surface area contributed by atoms with E-state index in [2.05, 4.69) is 28.9 Å². The van der Waals surface area contributed by atoms with Gasteiger partial charge in [0.15, 0.2) is 0 Å². The van der Waals surface area contributed by atoms with Crippen molar-refractivity contribution in [3.63, 3.8) is 0 Å². The Morgan fingerprint density at radius 3 is 2.35 bits per heavy atom.